The van der Waals surface area contributed by atoms with Crippen LogP contribution in [0.1, 0.15) is 37.7 Å². The first-order chi connectivity index (χ1) is 11.8. The number of nitrogens with zero attached hydrogens (tertiary/aromatic N) is 2. The lowest BCUT2D eigenvalue weighted by Crippen LogP contribution is -2.49. The maximum Gasteiger partial charge on any atom is 0.191 e. The van der Waals surface area contributed by atoms with Gasteiger partial charge in [0.25, 0.3) is 0 Å². The summed E-state index contributed by atoms with van der Waals surface area (Å²) in [6.45, 7) is 10.0. The van der Waals surface area contributed by atoms with Crippen LogP contribution in [0.5, 0.6) is 0 Å². The molecule has 0 aromatic heterocycles. The van der Waals surface area contributed by atoms with E-state index in [0.29, 0.717) is 18.0 Å². The molecule has 1 saturated carbocycles. The lowest BCUT2D eigenvalue weighted by atomic mass is 10.1. The molecule has 0 spiro atoms. The summed E-state index contributed by atoms with van der Waals surface area (Å²) in [5.41, 5.74) is 1.43. The van der Waals surface area contributed by atoms with Crippen LogP contribution in [-0.4, -0.2) is 49.1 Å². The van der Waals surface area contributed by atoms with Gasteiger partial charge in [-0.1, -0.05) is 36.4 Å². The summed E-state index contributed by atoms with van der Waals surface area (Å²) in [7, 11) is 0. The molecule has 0 radical (unpaired) electrons. The lowest BCUT2D eigenvalue weighted by molar-refractivity contribution is 0.225. The third-order valence-corrected chi connectivity index (χ3v) is 4.97. The van der Waals surface area contributed by atoms with Crippen LogP contribution in [0.3, 0.4) is 0 Å². The zero-order chi connectivity index (χ0) is 16.8. The molecule has 0 bridgehead atoms. The Hall–Kier alpha value is -1.08. The van der Waals surface area contributed by atoms with Crippen molar-refractivity contribution < 1.29 is 0 Å². The van der Waals surface area contributed by atoms with Crippen molar-refractivity contribution >= 4 is 29.9 Å². The zero-order valence-corrected chi connectivity index (χ0v) is 17.5. The fourth-order valence-corrected chi connectivity index (χ4v) is 3.53. The highest BCUT2D eigenvalue weighted by Crippen LogP contribution is 2.40. The summed E-state index contributed by atoms with van der Waals surface area (Å²) in [5.74, 6) is 1.62. The van der Waals surface area contributed by atoms with E-state index in [1.54, 1.807) is 0 Å². The standard InChI is InChI=1S/C20H30N4.HI/c1-3-12-24-13-10-17(11-14-24)22-20(21-4-2)23-19-15-18(19)16-8-6-5-7-9-16;/h3,5-9,17-19H,1,4,10-15H2,2H3,(H2,21,22,23);1H. The van der Waals surface area contributed by atoms with Gasteiger partial charge in [0.05, 0.1) is 0 Å². The topological polar surface area (TPSA) is 39.7 Å². The first-order valence-corrected chi connectivity index (χ1v) is 9.26. The second-order valence-corrected chi connectivity index (χ2v) is 6.83. The Morgan fingerprint density at radius 3 is 2.60 bits per heavy atom. The molecular weight excluding hydrogens is 423 g/mol. The number of benzene rings is 1. The van der Waals surface area contributed by atoms with E-state index in [1.807, 2.05) is 6.08 Å². The number of hydrogen-bond donors (Lipinski definition) is 2. The van der Waals surface area contributed by atoms with Crippen LogP contribution in [0.2, 0.25) is 0 Å². The molecule has 1 aromatic carbocycles. The Balaban J connectivity index is 0.00000225. The van der Waals surface area contributed by atoms with Crippen LogP contribution in [0.4, 0.5) is 0 Å². The van der Waals surface area contributed by atoms with Crippen molar-refractivity contribution in [2.45, 2.75) is 44.2 Å². The number of piperidine rings is 1. The van der Waals surface area contributed by atoms with Gasteiger partial charge < -0.3 is 10.6 Å². The average molecular weight is 454 g/mol. The quantitative estimate of drug-likeness (QED) is 0.300. The van der Waals surface area contributed by atoms with Crippen LogP contribution >= 0.6 is 24.0 Å². The second kappa shape index (κ2) is 10.2. The highest BCUT2D eigenvalue weighted by atomic mass is 127. The minimum Gasteiger partial charge on any atom is -0.354 e. The Morgan fingerprint density at radius 1 is 1.24 bits per heavy atom. The van der Waals surface area contributed by atoms with E-state index >= 15 is 0 Å². The summed E-state index contributed by atoms with van der Waals surface area (Å²) in [6.07, 6.45) is 5.54. The van der Waals surface area contributed by atoms with Gasteiger partial charge in [0.2, 0.25) is 0 Å². The normalized spacial score (nSPS) is 24.3. The van der Waals surface area contributed by atoms with Gasteiger partial charge in [-0.2, -0.15) is 0 Å². The van der Waals surface area contributed by atoms with E-state index in [9.17, 15) is 0 Å². The molecule has 2 aliphatic rings. The molecule has 1 aromatic rings. The molecule has 1 saturated heterocycles. The van der Waals surface area contributed by atoms with Crippen molar-refractivity contribution in [2.75, 3.05) is 26.2 Å². The molecule has 0 amide bonds. The van der Waals surface area contributed by atoms with Gasteiger partial charge >= 0.3 is 0 Å². The molecule has 1 heterocycles. The van der Waals surface area contributed by atoms with Crippen LogP contribution in [0, 0.1) is 0 Å². The number of nitrogens with one attached hydrogen (secondary N) is 2. The Kier molecular flexibility index (Phi) is 8.22. The summed E-state index contributed by atoms with van der Waals surface area (Å²) in [5, 5.41) is 7.28. The summed E-state index contributed by atoms with van der Waals surface area (Å²) >= 11 is 0. The van der Waals surface area contributed by atoms with Crippen molar-refractivity contribution in [3.05, 3.63) is 48.6 Å². The van der Waals surface area contributed by atoms with E-state index in [-0.39, 0.29) is 24.0 Å². The van der Waals surface area contributed by atoms with Gasteiger partial charge in [-0.3, -0.25) is 9.89 Å². The predicted octanol–water partition coefficient (Wildman–Crippen LogP) is 3.37. The third-order valence-electron chi connectivity index (χ3n) is 4.97. The molecular formula is C20H31IN4. The molecule has 1 aliphatic carbocycles. The zero-order valence-electron chi connectivity index (χ0n) is 15.2. The monoisotopic (exact) mass is 454 g/mol. The van der Waals surface area contributed by atoms with E-state index in [1.165, 1.54) is 24.8 Å². The summed E-state index contributed by atoms with van der Waals surface area (Å²) in [4.78, 5) is 7.11. The lowest BCUT2D eigenvalue weighted by Gasteiger charge is -2.32. The highest BCUT2D eigenvalue weighted by molar-refractivity contribution is 14.0. The van der Waals surface area contributed by atoms with Crippen molar-refractivity contribution in [3.8, 4) is 0 Å². The van der Waals surface area contributed by atoms with Crippen LogP contribution in [-0.2, 0) is 0 Å². The van der Waals surface area contributed by atoms with Gasteiger partial charge in [-0.05, 0) is 31.7 Å². The van der Waals surface area contributed by atoms with Crippen molar-refractivity contribution in [1.82, 2.24) is 15.5 Å². The number of hydrogen-bond acceptors (Lipinski definition) is 2. The van der Waals surface area contributed by atoms with Gasteiger partial charge in [-0.25, -0.2) is 0 Å². The average Bonchev–Trinajstić information content (AvgIpc) is 3.37. The Morgan fingerprint density at radius 2 is 1.96 bits per heavy atom. The molecule has 2 unspecified atom stereocenters. The van der Waals surface area contributed by atoms with Gasteiger partial charge in [0.15, 0.2) is 5.96 Å². The van der Waals surface area contributed by atoms with Gasteiger partial charge in [0, 0.05) is 44.2 Å². The highest BCUT2D eigenvalue weighted by Gasteiger charge is 2.39. The smallest absolute Gasteiger partial charge is 0.191 e. The minimum atomic E-state index is 0. The van der Waals surface area contributed by atoms with Crippen molar-refractivity contribution in [2.24, 2.45) is 4.99 Å². The van der Waals surface area contributed by atoms with E-state index in [0.717, 1.165) is 32.1 Å². The van der Waals surface area contributed by atoms with E-state index < -0.39 is 0 Å². The van der Waals surface area contributed by atoms with Crippen LogP contribution < -0.4 is 10.6 Å². The third kappa shape index (κ3) is 5.99. The minimum absolute atomic E-state index is 0. The molecule has 25 heavy (non-hydrogen) atoms. The molecule has 3 rings (SSSR count). The van der Waals surface area contributed by atoms with E-state index in [2.05, 4.69) is 64.4 Å². The molecule has 4 nitrogen and oxygen atoms in total. The predicted molar refractivity (Wildman–Crippen MR) is 117 cm³/mol. The SMILES string of the molecule is C=CCN1CCC(NC(=NCC)NC2CC2c2ccccc2)CC1.I. The number of guanidine groups is 1. The Bertz CT molecular complexity index is 552. The van der Waals surface area contributed by atoms with E-state index in [4.69, 9.17) is 0 Å². The number of aliphatic imine (C=N–C) groups is 1. The maximum absolute atomic E-state index is 4.65. The largest absolute Gasteiger partial charge is 0.354 e. The summed E-state index contributed by atoms with van der Waals surface area (Å²) in [6, 6.07) is 11.8. The van der Waals surface area contributed by atoms with Gasteiger partial charge in [-0.15, -0.1) is 30.6 Å². The van der Waals surface area contributed by atoms with Crippen molar-refractivity contribution in [3.63, 3.8) is 0 Å². The first-order valence-electron chi connectivity index (χ1n) is 9.26. The first kappa shape index (κ1) is 20.2. The molecule has 5 heteroatoms. The number of likely N-dealkylation sites (tertiary alicyclic amines) is 1. The number of halogens is 1. The molecule has 138 valence electrons. The molecule has 2 N–H and O–H groups in total. The maximum atomic E-state index is 4.65. The molecule has 1 aliphatic heterocycles. The Labute approximate surface area is 169 Å². The fourth-order valence-electron chi connectivity index (χ4n) is 3.53. The second-order valence-electron chi connectivity index (χ2n) is 6.83. The van der Waals surface area contributed by atoms with Crippen LogP contribution in [0.15, 0.2) is 48.0 Å². The van der Waals surface area contributed by atoms with Crippen LogP contribution in [0.25, 0.3) is 0 Å². The summed E-state index contributed by atoms with van der Waals surface area (Å²) < 4.78 is 0. The number of rotatable bonds is 6. The fraction of sp³-hybridized carbons (Fsp3) is 0.550. The van der Waals surface area contributed by atoms with Crippen molar-refractivity contribution in [1.29, 1.82) is 0 Å². The molecule has 2 atom stereocenters. The van der Waals surface area contributed by atoms with Gasteiger partial charge in [0.1, 0.15) is 0 Å². The molecule has 2 fully saturated rings.